The van der Waals surface area contributed by atoms with Gasteiger partial charge in [-0.1, -0.05) is 12.7 Å². The third-order valence-electron chi connectivity index (χ3n) is 2.75. The van der Waals surface area contributed by atoms with Gasteiger partial charge in [0, 0.05) is 5.56 Å². The maximum absolute atomic E-state index is 11.8. The zero-order valence-electron chi connectivity index (χ0n) is 12.3. The van der Waals surface area contributed by atoms with Gasteiger partial charge in [-0.15, -0.1) is 0 Å². The van der Waals surface area contributed by atoms with Crippen molar-refractivity contribution in [3.8, 4) is 17.0 Å². The van der Waals surface area contributed by atoms with Crippen LogP contribution in [0.25, 0.3) is 11.3 Å². The average molecular weight is 299 g/mol. The third-order valence-corrected chi connectivity index (χ3v) is 2.75. The van der Waals surface area contributed by atoms with Gasteiger partial charge in [-0.25, -0.2) is 14.8 Å². The van der Waals surface area contributed by atoms with Gasteiger partial charge in [-0.3, -0.25) is 0 Å². The van der Waals surface area contributed by atoms with Gasteiger partial charge in [-0.05, 0) is 37.3 Å². The predicted octanol–water partition coefficient (Wildman–Crippen LogP) is 2.47. The number of nitrogen functional groups attached to an aromatic ring is 1. The van der Waals surface area contributed by atoms with Crippen molar-refractivity contribution >= 4 is 11.9 Å². The van der Waals surface area contributed by atoms with Crippen LogP contribution in [0.3, 0.4) is 0 Å². The number of hydrogen-bond donors (Lipinski definition) is 1. The quantitative estimate of drug-likeness (QED) is 0.651. The number of carbonyl (C=O) groups is 1. The number of hydrogen-bond acceptors (Lipinski definition) is 6. The monoisotopic (exact) mass is 299 g/mol. The van der Waals surface area contributed by atoms with Crippen molar-refractivity contribution in [2.75, 3.05) is 18.9 Å². The van der Waals surface area contributed by atoms with Crippen molar-refractivity contribution < 1.29 is 14.3 Å². The molecule has 0 fully saturated rings. The van der Waals surface area contributed by atoms with Crippen molar-refractivity contribution in [2.24, 2.45) is 0 Å². The molecule has 2 rings (SSSR count). The van der Waals surface area contributed by atoms with E-state index in [2.05, 4.69) is 16.5 Å². The van der Waals surface area contributed by atoms with Gasteiger partial charge in [-0.2, -0.15) is 0 Å². The fourth-order valence-corrected chi connectivity index (χ4v) is 1.80. The van der Waals surface area contributed by atoms with Gasteiger partial charge in [0.05, 0.1) is 12.3 Å². The van der Waals surface area contributed by atoms with E-state index in [4.69, 9.17) is 15.2 Å². The Hall–Kier alpha value is -2.89. The van der Waals surface area contributed by atoms with Gasteiger partial charge in [0.2, 0.25) is 5.95 Å². The van der Waals surface area contributed by atoms with Crippen molar-refractivity contribution in [1.82, 2.24) is 9.97 Å². The van der Waals surface area contributed by atoms with Gasteiger partial charge in [0.1, 0.15) is 12.4 Å². The minimum atomic E-state index is -0.524. The molecular formula is C16H17N3O3. The Labute approximate surface area is 128 Å². The normalized spacial score (nSPS) is 10.0. The van der Waals surface area contributed by atoms with E-state index in [9.17, 15) is 4.79 Å². The lowest BCUT2D eigenvalue weighted by atomic mass is 10.1. The first kappa shape index (κ1) is 15.5. The molecule has 114 valence electrons. The fourth-order valence-electron chi connectivity index (χ4n) is 1.80. The Morgan fingerprint density at radius 1 is 1.32 bits per heavy atom. The highest BCUT2D eigenvalue weighted by molar-refractivity contribution is 5.88. The summed E-state index contributed by atoms with van der Waals surface area (Å²) in [4.78, 5) is 19.8. The predicted molar refractivity (Wildman–Crippen MR) is 83.5 cm³/mol. The molecule has 0 saturated heterocycles. The molecule has 0 atom stereocenters. The summed E-state index contributed by atoms with van der Waals surface area (Å²) in [5, 5.41) is 0. The number of esters is 1. The summed E-state index contributed by atoms with van der Waals surface area (Å²) < 4.78 is 10.3. The summed E-state index contributed by atoms with van der Waals surface area (Å²) >= 11 is 0. The van der Waals surface area contributed by atoms with Crippen molar-refractivity contribution in [3.05, 3.63) is 48.7 Å². The molecule has 1 aromatic carbocycles. The van der Waals surface area contributed by atoms with Crippen molar-refractivity contribution in [2.45, 2.75) is 6.92 Å². The molecule has 22 heavy (non-hydrogen) atoms. The number of nitrogens with zero attached hydrogens (tertiary/aromatic N) is 2. The highest BCUT2D eigenvalue weighted by Gasteiger charge is 2.12. The fraction of sp³-hybridized carbons (Fsp3) is 0.188. The van der Waals surface area contributed by atoms with Crippen LogP contribution >= 0.6 is 0 Å². The SMILES string of the molecule is C=CCOc1ccc(-c2cc(C(=O)OCC)nc(N)n2)cc1. The third kappa shape index (κ3) is 3.82. The Morgan fingerprint density at radius 2 is 2.05 bits per heavy atom. The molecule has 0 unspecified atom stereocenters. The average Bonchev–Trinajstić information content (AvgIpc) is 2.53. The lowest BCUT2D eigenvalue weighted by molar-refractivity contribution is 0.0519. The summed E-state index contributed by atoms with van der Waals surface area (Å²) in [5.74, 6) is 0.215. The van der Waals surface area contributed by atoms with Crippen LogP contribution in [0.1, 0.15) is 17.4 Å². The lowest BCUT2D eigenvalue weighted by Crippen LogP contribution is -2.10. The summed E-state index contributed by atoms with van der Waals surface area (Å²) in [6.07, 6.45) is 1.67. The number of benzene rings is 1. The van der Waals surface area contributed by atoms with Gasteiger partial charge >= 0.3 is 5.97 Å². The molecular weight excluding hydrogens is 282 g/mol. The van der Waals surface area contributed by atoms with Crippen LogP contribution in [0.2, 0.25) is 0 Å². The number of carbonyl (C=O) groups excluding carboxylic acids is 1. The zero-order chi connectivity index (χ0) is 15.9. The number of ether oxygens (including phenoxy) is 2. The number of nitrogens with two attached hydrogens (primary N) is 1. The van der Waals surface area contributed by atoms with E-state index in [0.717, 1.165) is 11.3 Å². The first-order chi connectivity index (χ1) is 10.6. The van der Waals surface area contributed by atoms with Crippen molar-refractivity contribution in [3.63, 3.8) is 0 Å². The Balaban J connectivity index is 2.28. The minimum absolute atomic E-state index is 0.0209. The van der Waals surface area contributed by atoms with Crippen LogP contribution in [-0.2, 0) is 4.74 Å². The second-order valence-electron chi connectivity index (χ2n) is 4.34. The van der Waals surface area contributed by atoms with Gasteiger partial charge < -0.3 is 15.2 Å². The van der Waals surface area contributed by atoms with E-state index >= 15 is 0 Å². The smallest absolute Gasteiger partial charge is 0.357 e. The molecule has 0 bridgehead atoms. The van der Waals surface area contributed by atoms with Crippen LogP contribution in [-0.4, -0.2) is 29.2 Å². The summed E-state index contributed by atoms with van der Waals surface area (Å²) in [6, 6.07) is 8.82. The van der Waals surface area contributed by atoms with E-state index in [1.54, 1.807) is 31.2 Å². The summed E-state index contributed by atoms with van der Waals surface area (Å²) in [5.41, 5.74) is 7.14. The van der Waals surface area contributed by atoms with E-state index < -0.39 is 5.97 Å². The molecule has 0 aliphatic heterocycles. The molecule has 0 spiro atoms. The summed E-state index contributed by atoms with van der Waals surface area (Å²) in [7, 11) is 0. The zero-order valence-corrected chi connectivity index (χ0v) is 12.3. The molecule has 1 aromatic heterocycles. The molecule has 0 saturated carbocycles. The highest BCUT2D eigenvalue weighted by atomic mass is 16.5. The molecule has 0 amide bonds. The van der Waals surface area contributed by atoms with Gasteiger partial charge in [0.25, 0.3) is 0 Å². The van der Waals surface area contributed by atoms with Crippen LogP contribution in [0.15, 0.2) is 43.0 Å². The largest absolute Gasteiger partial charge is 0.490 e. The Kier molecular flexibility index (Phi) is 5.08. The van der Waals surface area contributed by atoms with E-state index in [1.807, 2.05) is 12.1 Å². The molecule has 6 heteroatoms. The first-order valence-electron chi connectivity index (χ1n) is 6.80. The second kappa shape index (κ2) is 7.21. The Bertz CT molecular complexity index is 669. The highest BCUT2D eigenvalue weighted by Crippen LogP contribution is 2.22. The lowest BCUT2D eigenvalue weighted by Gasteiger charge is -2.07. The molecule has 0 radical (unpaired) electrons. The number of rotatable bonds is 6. The minimum Gasteiger partial charge on any atom is -0.490 e. The molecule has 0 aliphatic rings. The van der Waals surface area contributed by atoms with Crippen LogP contribution in [0.4, 0.5) is 5.95 Å². The van der Waals surface area contributed by atoms with E-state index in [-0.39, 0.29) is 18.2 Å². The molecule has 0 aliphatic carbocycles. The first-order valence-corrected chi connectivity index (χ1v) is 6.80. The standard InChI is InChI=1S/C16H17N3O3/c1-3-9-22-12-7-5-11(6-8-12)13-10-14(15(20)21-4-2)19-16(17)18-13/h3,5-8,10H,1,4,9H2,2H3,(H2,17,18,19). The number of anilines is 1. The summed E-state index contributed by atoms with van der Waals surface area (Å²) in [6.45, 7) is 6.03. The van der Waals surface area contributed by atoms with E-state index in [1.165, 1.54) is 0 Å². The topological polar surface area (TPSA) is 87.3 Å². The molecule has 6 nitrogen and oxygen atoms in total. The van der Waals surface area contributed by atoms with Crippen LogP contribution in [0, 0.1) is 0 Å². The Morgan fingerprint density at radius 3 is 2.68 bits per heavy atom. The maximum Gasteiger partial charge on any atom is 0.357 e. The van der Waals surface area contributed by atoms with Crippen molar-refractivity contribution in [1.29, 1.82) is 0 Å². The van der Waals surface area contributed by atoms with Crippen LogP contribution < -0.4 is 10.5 Å². The molecule has 2 aromatic rings. The van der Waals surface area contributed by atoms with E-state index in [0.29, 0.717) is 12.3 Å². The van der Waals surface area contributed by atoms with Crippen LogP contribution in [0.5, 0.6) is 5.75 Å². The molecule has 2 N–H and O–H groups in total. The van der Waals surface area contributed by atoms with Gasteiger partial charge in [0.15, 0.2) is 5.69 Å². The second-order valence-corrected chi connectivity index (χ2v) is 4.34. The number of aromatic nitrogens is 2. The molecule has 1 heterocycles. The maximum atomic E-state index is 11.8.